The first-order valence-corrected chi connectivity index (χ1v) is 11.0. The molecular formula is C22H21Cl3N2O3. The molecule has 2 aromatic rings. The van der Waals surface area contributed by atoms with E-state index in [0.717, 1.165) is 12.0 Å². The fourth-order valence-electron chi connectivity index (χ4n) is 4.05. The molecule has 0 aliphatic carbocycles. The van der Waals surface area contributed by atoms with Crippen LogP contribution in [0.2, 0.25) is 15.1 Å². The summed E-state index contributed by atoms with van der Waals surface area (Å²) in [5, 5.41) is 1.45. The first kappa shape index (κ1) is 21.4. The lowest BCUT2D eigenvalue weighted by Gasteiger charge is -2.36. The number of hydrogen-bond donors (Lipinski definition) is 0. The highest BCUT2D eigenvalue weighted by Gasteiger charge is 2.38. The van der Waals surface area contributed by atoms with Gasteiger partial charge in [-0.25, -0.2) is 0 Å². The smallest absolute Gasteiger partial charge is 0.254 e. The number of carbonyl (C=O) groups excluding carboxylic acids is 2. The normalized spacial score (nSPS) is 21.7. The molecule has 0 aromatic heterocycles. The second-order valence-electron chi connectivity index (χ2n) is 7.51. The Balaban J connectivity index is 1.48. The fourth-order valence-corrected chi connectivity index (χ4v) is 4.70. The van der Waals surface area contributed by atoms with Gasteiger partial charge in [0, 0.05) is 33.7 Å². The van der Waals surface area contributed by atoms with Gasteiger partial charge < -0.3 is 14.5 Å². The Labute approximate surface area is 190 Å². The summed E-state index contributed by atoms with van der Waals surface area (Å²) in [6.07, 6.45) is 1.21. The summed E-state index contributed by atoms with van der Waals surface area (Å²) >= 11 is 18.1. The number of rotatable bonds is 3. The minimum atomic E-state index is -0.487. The van der Waals surface area contributed by atoms with E-state index in [1.165, 1.54) is 0 Å². The summed E-state index contributed by atoms with van der Waals surface area (Å²) in [7, 11) is 0. The molecule has 2 amide bonds. The Hall–Kier alpha value is -1.79. The number of carbonyl (C=O) groups is 2. The summed E-state index contributed by atoms with van der Waals surface area (Å²) in [5.74, 6) is -0.269. The van der Waals surface area contributed by atoms with Crippen molar-refractivity contribution in [3.8, 4) is 0 Å². The molecule has 0 saturated carbocycles. The standard InChI is InChI=1S/C22H21Cl3N2O3/c23-16-5-3-14(4-6-16)20-13-26(8-9-30-20)22(29)19-2-1-7-27(19)21(28)15-10-17(24)12-18(25)11-15/h3-6,10-12,19-20H,1-2,7-9,13H2. The summed E-state index contributed by atoms with van der Waals surface area (Å²) in [6.45, 7) is 1.93. The molecule has 2 aromatic carbocycles. The van der Waals surface area contributed by atoms with Crippen LogP contribution in [0.15, 0.2) is 42.5 Å². The third-order valence-electron chi connectivity index (χ3n) is 5.53. The highest BCUT2D eigenvalue weighted by molar-refractivity contribution is 6.35. The van der Waals surface area contributed by atoms with E-state index in [9.17, 15) is 9.59 Å². The molecule has 2 fully saturated rings. The number of halogens is 3. The molecule has 158 valence electrons. The molecule has 2 heterocycles. The van der Waals surface area contributed by atoms with Crippen LogP contribution in [-0.2, 0) is 9.53 Å². The zero-order chi connectivity index (χ0) is 21.3. The maximum absolute atomic E-state index is 13.3. The molecular weight excluding hydrogens is 447 g/mol. The topological polar surface area (TPSA) is 49.9 Å². The fraction of sp³-hybridized carbons (Fsp3) is 0.364. The number of benzene rings is 2. The quantitative estimate of drug-likeness (QED) is 0.648. The van der Waals surface area contributed by atoms with Gasteiger partial charge in [0.1, 0.15) is 12.1 Å². The monoisotopic (exact) mass is 466 g/mol. The second kappa shape index (κ2) is 9.15. The molecule has 0 radical (unpaired) electrons. The number of amides is 2. The molecule has 2 aliphatic heterocycles. The van der Waals surface area contributed by atoms with Gasteiger partial charge in [0.15, 0.2) is 0 Å². The molecule has 2 saturated heterocycles. The van der Waals surface area contributed by atoms with Crippen LogP contribution in [0.3, 0.4) is 0 Å². The van der Waals surface area contributed by atoms with Gasteiger partial charge in [0.2, 0.25) is 5.91 Å². The predicted molar refractivity (Wildman–Crippen MR) is 117 cm³/mol. The Bertz CT molecular complexity index is 931. The summed E-state index contributed by atoms with van der Waals surface area (Å²) in [6, 6.07) is 11.7. The minimum Gasteiger partial charge on any atom is -0.370 e. The maximum atomic E-state index is 13.3. The van der Waals surface area contributed by atoms with Crippen molar-refractivity contribution in [1.29, 1.82) is 0 Å². The molecule has 4 rings (SSSR count). The molecule has 5 nitrogen and oxygen atoms in total. The van der Waals surface area contributed by atoms with E-state index in [4.69, 9.17) is 39.5 Å². The van der Waals surface area contributed by atoms with Crippen LogP contribution in [0.5, 0.6) is 0 Å². The third kappa shape index (κ3) is 4.59. The number of hydrogen-bond acceptors (Lipinski definition) is 3. The lowest BCUT2D eigenvalue weighted by molar-refractivity contribution is -0.143. The number of ether oxygens (including phenoxy) is 1. The number of likely N-dealkylation sites (tertiary alicyclic amines) is 1. The largest absolute Gasteiger partial charge is 0.370 e. The predicted octanol–water partition coefficient (Wildman–Crippen LogP) is 4.85. The second-order valence-corrected chi connectivity index (χ2v) is 8.82. The van der Waals surface area contributed by atoms with Gasteiger partial charge in [-0.15, -0.1) is 0 Å². The van der Waals surface area contributed by atoms with Crippen molar-refractivity contribution >= 4 is 46.6 Å². The molecule has 2 aliphatic rings. The van der Waals surface area contributed by atoms with Gasteiger partial charge in [-0.2, -0.15) is 0 Å². The van der Waals surface area contributed by atoms with Gasteiger partial charge in [0.05, 0.1) is 13.2 Å². The summed E-state index contributed by atoms with van der Waals surface area (Å²) in [5.41, 5.74) is 1.37. The lowest BCUT2D eigenvalue weighted by Crippen LogP contribution is -2.51. The first-order valence-electron chi connectivity index (χ1n) is 9.85. The van der Waals surface area contributed by atoms with Crippen LogP contribution in [0.1, 0.15) is 34.9 Å². The zero-order valence-corrected chi connectivity index (χ0v) is 18.5. The highest BCUT2D eigenvalue weighted by atomic mass is 35.5. The van der Waals surface area contributed by atoms with Crippen LogP contribution >= 0.6 is 34.8 Å². The molecule has 0 bridgehead atoms. The van der Waals surface area contributed by atoms with E-state index in [0.29, 0.717) is 53.3 Å². The average molecular weight is 468 g/mol. The van der Waals surface area contributed by atoms with Gasteiger partial charge >= 0.3 is 0 Å². The Morgan fingerprint density at radius 1 is 0.933 bits per heavy atom. The Kier molecular flexibility index (Phi) is 6.54. The summed E-state index contributed by atoms with van der Waals surface area (Å²) in [4.78, 5) is 29.8. The average Bonchev–Trinajstić information content (AvgIpc) is 3.22. The van der Waals surface area contributed by atoms with Crippen molar-refractivity contribution < 1.29 is 14.3 Å². The third-order valence-corrected chi connectivity index (χ3v) is 6.22. The number of morpholine rings is 1. The van der Waals surface area contributed by atoms with Crippen LogP contribution in [0.4, 0.5) is 0 Å². The van der Waals surface area contributed by atoms with E-state index >= 15 is 0 Å². The van der Waals surface area contributed by atoms with Crippen molar-refractivity contribution in [3.63, 3.8) is 0 Å². The van der Waals surface area contributed by atoms with Gasteiger partial charge in [-0.3, -0.25) is 9.59 Å². The van der Waals surface area contributed by atoms with Crippen molar-refractivity contribution in [3.05, 3.63) is 68.7 Å². The molecule has 30 heavy (non-hydrogen) atoms. The zero-order valence-electron chi connectivity index (χ0n) is 16.2. The van der Waals surface area contributed by atoms with Crippen molar-refractivity contribution in [2.45, 2.75) is 25.0 Å². The Morgan fingerprint density at radius 2 is 1.63 bits per heavy atom. The van der Waals surface area contributed by atoms with Crippen molar-refractivity contribution in [2.24, 2.45) is 0 Å². The van der Waals surface area contributed by atoms with Gasteiger partial charge in [-0.05, 0) is 48.7 Å². The van der Waals surface area contributed by atoms with Gasteiger partial charge in [0.25, 0.3) is 5.91 Å². The lowest BCUT2D eigenvalue weighted by atomic mass is 10.1. The van der Waals surface area contributed by atoms with Crippen molar-refractivity contribution in [1.82, 2.24) is 9.80 Å². The van der Waals surface area contributed by atoms with Crippen LogP contribution < -0.4 is 0 Å². The molecule has 0 spiro atoms. The van der Waals surface area contributed by atoms with Crippen LogP contribution in [0.25, 0.3) is 0 Å². The van der Waals surface area contributed by atoms with E-state index in [-0.39, 0.29) is 17.9 Å². The van der Waals surface area contributed by atoms with E-state index in [1.807, 2.05) is 24.3 Å². The first-order chi connectivity index (χ1) is 14.4. The number of nitrogens with zero attached hydrogens (tertiary/aromatic N) is 2. The summed E-state index contributed by atoms with van der Waals surface area (Å²) < 4.78 is 5.87. The maximum Gasteiger partial charge on any atom is 0.254 e. The molecule has 2 atom stereocenters. The SMILES string of the molecule is O=C(C1CCCN1C(=O)c1cc(Cl)cc(Cl)c1)N1CCOC(c2ccc(Cl)cc2)C1. The Morgan fingerprint density at radius 3 is 2.33 bits per heavy atom. The highest BCUT2D eigenvalue weighted by Crippen LogP contribution is 2.28. The molecule has 8 heteroatoms. The van der Waals surface area contributed by atoms with Crippen LogP contribution in [0, 0.1) is 0 Å². The molecule has 0 N–H and O–H groups in total. The van der Waals surface area contributed by atoms with E-state index < -0.39 is 6.04 Å². The van der Waals surface area contributed by atoms with E-state index in [1.54, 1.807) is 28.0 Å². The minimum absolute atomic E-state index is 0.0451. The van der Waals surface area contributed by atoms with Crippen LogP contribution in [-0.4, -0.2) is 53.9 Å². The van der Waals surface area contributed by atoms with Gasteiger partial charge in [-0.1, -0.05) is 46.9 Å². The van der Waals surface area contributed by atoms with E-state index in [2.05, 4.69) is 0 Å². The van der Waals surface area contributed by atoms with Crippen molar-refractivity contribution in [2.75, 3.05) is 26.2 Å². The molecule has 2 unspecified atom stereocenters.